The number of aromatic nitrogens is 5. The molecule has 0 unspecified atom stereocenters. The average Bonchev–Trinajstić information content (AvgIpc) is 3.41. The van der Waals surface area contributed by atoms with E-state index >= 15 is 0 Å². The van der Waals surface area contributed by atoms with Gasteiger partial charge >= 0.3 is 0 Å². The van der Waals surface area contributed by atoms with Gasteiger partial charge in [0.25, 0.3) is 5.56 Å². The molecular formula is C22H17N5OS2. The zero-order chi connectivity index (χ0) is 20.3. The Kier molecular flexibility index (Phi) is 5.17. The number of thioether (sulfide) groups is 1. The third-order valence-corrected chi connectivity index (χ3v) is 6.34. The van der Waals surface area contributed by atoms with Crippen LogP contribution in [0.25, 0.3) is 10.6 Å². The first-order valence-electron chi connectivity index (χ1n) is 9.40. The van der Waals surface area contributed by atoms with Gasteiger partial charge in [0.05, 0.1) is 5.69 Å². The highest BCUT2D eigenvalue weighted by Gasteiger charge is 2.15. The van der Waals surface area contributed by atoms with Crippen molar-refractivity contribution >= 4 is 28.1 Å². The fraction of sp³-hybridized carbons (Fsp3) is 0.0909. The van der Waals surface area contributed by atoms with Crippen molar-refractivity contribution in [2.45, 2.75) is 17.3 Å². The van der Waals surface area contributed by atoms with Gasteiger partial charge in [-0.2, -0.15) is 0 Å². The van der Waals surface area contributed by atoms with Crippen molar-refractivity contribution in [3.8, 4) is 5.69 Å². The second-order valence-corrected chi connectivity index (χ2v) is 8.48. The van der Waals surface area contributed by atoms with Crippen LogP contribution in [0.3, 0.4) is 0 Å². The van der Waals surface area contributed by atoms with E-state index in [4.69, 9.17) is 0 Å². The third-order valence-electron chi connectivity index (χ3n) is 4.63. The molecule has 8 heteroatoms. The van der Waals surface area contributed by atoms with E-state index < -0.39 is 0 Å². The minimum atomic E-state index is -0.0638. The maximum Gasteiger partial charge on any atom is 0.258 e. The number of benzene rings is 2. The van der Waals surface area contributed by atoms with Crippen LogP contribution in [0.1, 0.15) is 17.1 Å². The normalized spacial score (nSPS) is 11.2. The smallest absolute Gasteiger partial charge is 0.258 e. The van der Waals surface area contributed by atoms with Crippen LogP contribution in [-0.4, -0.2) is 24.1 Å². The van der Waals surface area contributed by atoms with E-state index in [9.17, 15) is 4.79 Å². The topological polar surface area (TPSA) is 65.1 Å². The van der Waals surface area contributed by atoms with Crippen molar-refractivity contribution in [2.24, 2.45) is 0 Å². The quantitative estimate of drug-likeness (QED) is 0.377. The van der Waals surface area contributed by atoms with Gasteiger partial charge < -0.3 is 0 Å². The lowest BCUT2D eigenvalue weighted by molar-refractivity contribution is 0.847. The lowest BCUT2D eigenvalue weighted by atomic mass is 10.1. The van der Waals surface area contributed by atoms with Crippen LogP contribution in [0.5, 0.6) is 0 Å². The summed E-state index contributed by atoms with van der Waals surface area (Å²) in [5.41, 5.74) is 2.86. The largest absolute Gasteiger partial charge is 0.274 e. The first-order chi connectivity index (χ1) is 14.8. The van der Waals surface area contributed by atoms with Gasteiger partial charge in [0.1, 0.15) is 5.82 Å². The number of hydrogen-bond acceptors (Lipinski definition) is 6. The second kappa shape index (κ2) is 8.25. The molecule has 0 radical (unpaired) electrons. The van der Waals surface area contributed by atoms with Crippen LogP contribution in [-0.2, 0) is 12.2 Å². The lowest BCUT2D eigenvalue weighted by Crippen LogP contribution is -2.12. The molecule has 3 heterocycles. The van der Waals surface area contributed by atoms with Crippen LogP contribution < -0.4 is 5.56 Å². The summed E-state index contributed by atoms with van der Waals surface area (Å²) < 4.78 is 3.64. The molecule has 0 aliphatic rings. The number of para-hydroxylation sites is 1. The first kappa shape index (κ1) is 18.8. The summed E-state index contributed by atoms with van der Waals surface area (Å²) in [5.74, 6) is 1.41. The maximum absolute atomic E-state index is 12.3. The van der Waals surface area contributed by atoms with E-state index in [1.165, 1.54) is 28.7 Å². The van der Waals surface area contributed by atoms with Gasteiger partial charge in [-0.3, -0.25) is 13.8 Å². The van der Waals surface area contributed by atoms with Crippen molar-refractivity contribution in [3.63, 3.8) is 0 Å². The minimum absolute atomic E-state index is 0.0638. The molecule has 0 aliphatic carbocycles. The molecule has 0 aliphatic heterocycles. The summed E-state index contributed by atoms with van der Waals surface area (Å²) in [6.07, 6.45) is 2.43. The molecule has 0 N–H and O–H groups in total. The Hall–Kier alpha value is -3.23. The summed E-state index contributed by atoms with van der Waals surface area (Å²) in [4.78, 5) is 17.5. The van der Waals surface area contributed by atoms with Crippen LogP contribution in [0.4, 0.5) is 0 Å². The third kappa shape index (κ3) is 3.79. The van der Waals surface area contributed by atoms with Gasteiger partial charge in [-0.15, -0.1) is 21.5 Å². The summed E-state index contributed by atoms with van der Waals surface area (Å²) in [6, 6.07) is 21.9. The molecule has 0 saturated carbocycles. The van der Waals surface area contributed by atoms with Crippen molar-refractivity contribution in [1.29, 1.82) is 0 Å². The molecule has 0 spiro atoms. The van der Waals surface area contributed by atoms with Gasteiger partial charge in [-0.25, -0.2) is 4.98 Å². The molecule has 148 valence electrons. The summed E-state index contributed by atoms with van der Waals surface area (Å²) in [5, 5.41) is 11.6. The Balaban J connectivity index is 1.47. The standard InChI is InChI=1S/C22H17N5OS2/c28-20-14-17(23-21-26(20)11-12-29-21)15-30-22-25-24-19(13-16-7-3-1-4-8-16)27(22)18-9-5-2-6-10-18/h1-12,14H,13,15H2. The highest BCUT2D eigenvalue weighted by molar-refractivity contribution is 7.98. The van der Waals surface area contributed by atoms with Crippen LogP contribution in [0, 0.1) is 0 Å². The van der Waals surface area contributed by atoms with Gasteiger partial charge in [-0.05, 0) is 17.7 Å². The molecule has 0 fully saturated rings. The van der Waals surface area contributed by atoms with Crippen molar-refractivity contribution in [2.75, 3.05) is 0 Å². The highest BCUT2D eigenvalue weighted by atomic mass is 32.2. The maximum atomic E-state index is 12.3. The molecule has 0 atom stereocenters. The summed E-state index contributed by atoms with van der Waals surface area (Å²) >= 11 is 2.98. The number of nitrogens with zero attached hydrogens (tertiary/aromatic N) is 5. The molecule has 5 aromatic rings. The molecular weight excluding hydrogens is 414 g/mol. The summed E-state index contributed by atoms with van der Waals surface area (Å²) in [7, 11) is 0. The number of fused-ring (bicyclic) bond motifs is 1. The molecule has 6 nitrogen and oxygen atoms in total. The molecule has 30 heavy (non-hydrogen) atoms. The average molecular weight is 432 g/mol. The molecule has 0 bridgehead atoms. The predicted molar refractivity (Wildman–Crippen MR) is 120 cm³/mol. The van der Waals surface area contributed by atoms with Gasteiger partial charge in [0.15, 0.2) is 10.1 Å². The van der Waals surface area contributed by atoms with Crippen LogP contribution >= 0.6 is 23.1 Å². The Morgan fingerprint density at radius 3 is 2.53 bits per heavy atom. The van der Waals surface area contributed by atoms with Gasteiger partial charge in [-0.1, -0.05) is 60.3 Å². The SMILES string of the molecule is O=c1cc(CSc2nnc(Cc3ccccc3)n2-c2ccccc2)nc2sccn12. The Morgan fingerprint density at radius 1 is 0.967 bits per heavy atom. The van der Waals surface area contributed by atoms with E-state index in [1.807, 2.05) is 53.9 Å². The second-order valence-electron chi connectivity index (χ2n) is 6.66. The summed E-state index contributed by atoms with van der Waals surface area (Å²) in [6.45, 7) is 0. The molecule has 0 saturated heterocycles. The predicted octanol–water partition coefficient (Wildman–Crippen LogP) is 4.22. The molecule has 5 rings (SSSR count). The highest BCUT2D eigenvalue weighted by Crippen LogP contribution is 2.26. The lowest BCUT2D eigenvalue weighted by Gasteiger charge is -2.10. The van der Waals surface area contributed by atoms with E-state index in [0.29, 0.717) is 17.1 Å². The number of rotatable bonds is 6. The monoisotopic (exact) mass is 431 g/mol. The zero-order valence-corrected chi connectivity index (χ0v) is 17.5. The van der Waals surface area contributed by atoms with E-state index in [2.05, 4.69) is 31.9 Å². The van der Waals surface area contributed by atoms with Gasteiger partial charge in [0.2, 0.25) is 0 Å². The number of hydrogen-bond donors (Lipinski definition) is 0. The minimum Gasteiger partial charge on any atom is -0.274 e. The fourth-order valence-electron chi connectivity index (χ4n) is 3.22. The molecule has 0 amide bonds. The first-order valence-corrected chi connectivity index (χ1v) is 11.3. The van der Waals surface area contributed by atoms with Crippen molar-refractivity contribution in [1.82, 2.24) is 24.1 Å². The van der Waals surface area contributed by atoms with Crippen LogP contribution in [0.2, 0.25) is 0 Å². The Bertz CT molecular complexity index is 1340. The van der Waals surface area contributed by atoms with Crippen LogP contribution in [0.15, 0.2) is 88.3 Å². The van der Waals surface area contributed by atoms with E-state index in [-0.39, 0.29) is 5.56 Å². The molecule has 3 aromatic heterocycles. The van der Waals surface area contributed by atoms with E-state index in [1.54, 1.807) is 16.7 Å². The number of thiazole rings is 1. The zero-order valence-electron chi connectivity index (χ0n) is 15.9. The van der Waals surface area contributed by atoms with Gasteiger partial charge in [0, 0.05) is 35.5 Å². The Morgan fingerprint density at radius 2 is 1.73 bits per heavy atom. The van der Waals surface area contributed by atoms with E-state index in [0.717, 1.165) is 22.4 Å². The van der Waals surface area contributed by atoms with Crippen molar-refractivity contribution < 1.29 is 0 Å². The fourth-order valence-corrected chi connectivity index (χ4v) is 4.83. The van der Waals surface area contributed by atoms with Crippen molar-refractivity contribution in [3.05, 3.63) is 106 Å². The Labute approximate surface area is 180 Å². The molecule has 2 aromatic carbocycles.